The van der Waals surface area contributed by atoms with E-state index in [0.29, 0.717) is 15.2 Å². The minimum atomic E-state index is -3.78. The number of rotatable bonds is 9. The van der Waals surface area contributed by atoms with Crippen molar-refractivity contribution >= 4 is 55.1 Å². The van der Waals surface area contributed by atoms with Crippen LogP contribution in [0.15, 0.2) is 53.0 Å². The van der Waals surface area contributed by atoms with Crippen molar-refractivity contribution in [1.82, 2.24) is 10.2 Å². The monoisotopic (exact) mass is 583 g/mol. The summed E-state index contributed by atoms with van der Waals surface area (Å²) in [6.07, 6.45) is 6.20. The van der Waals surface area contributed by atoms with Gasteiger partial charge in [-0.3, -0.25) is 13.9 Å². The average molecular weight is 585 g/mol. The minimum absolute atomic E-state index is 0.0922. The van der Waals surface area contributed by atoms with Crippen molar-refractivity contribution in [2.24, 2.45) is 0 Å². The maximum Gasteiger partial charge on any atom is 0.244 e. The highest BCUT2D eigenvalue weighted by atomic mass is 79.9. The molecule has 3 rings (SSSR count). The number of para-hydroxylation sites is 1. The SMILES string of the molecule is C[C@H](C(=O)NC1CCCCC1)N(Cc1cccc(Cl)c1)C(=O)CN(c1ccccc1Br)S(C)(=O)=O. The number of halogens is 2. The van der Waals surface area contributed by atoms with Crippen molar-refractivity contribution < 1.29 is 18.0 Å². The van der Waals surface area contributed by atoms with E-state index in [1.807, 2.05) is 6.07 Å². The molecule has 0 radical (unpaired) electrons. The van der Waals surface area contributed by atoms with Crippen molar-refractivity contribution in [2.45, 2.75) is 57.7 Å². The maximum atomic E-state index is 13.6. The fourth-order valence-corrected chi connectivity index (χ4v) is 5.92. The molecule has 10 heteroatoms. The number of carbonyl (C=O) groups is 2. The summed E-state index contributed by atoms with van der Waals surface area (Å²) in [5, 5.41) is 3.59. The van der Waals surface area contributed by atoms with Gasteiger partial charge in [0.15, 0.2) is 0 Å². The van der Waals surface area contributed by atoms with Gasteiger partial charge in [0.05, 0.1) is 11.9 Å². The third-order valence-electron chi connectivity index (χ3n) is 6.16. The van der Waals surface area contributed by atoms with Gasteiger partial charge >= 0.3 is 0 Å². The second-order valence-corrected chi connectivity index (χ2v) is 12.1. The maximum absolute atomic E-state index is 13.6. The lowest BCUT2D eigenvalue weighted by molar-refractivity contribution is -0.139. The molecule has 7 nitrogen and oxygen atoms in total. The third-order valence-corrected chi connectivity index (χ3v) is 8.19. The molecule has 0 aromatic heterocycles. The van der Waals surface area contributed by atoms with Gasteiger partial charge in [-0.05, 0) is 65.5 Å². The Morgan fingerprint density at radius 3 is 2.43 bits per heavy atom. The zero-order chi connectivity index (χ0) is 25.6. The lowest BCUT2D eigenvalue weighted by atomic mass is 9.95. The summed E-state index contributed by atoms with van der Waals surface area (Å²) in [5.41, 5.74) is 1.10. The van der Waals surface area contributed by atoms with Gasteiger partial charge in [-0.25, -0.2) is 8.42 Å². The second kappa shape index (κ2) is 12.2. The first-order valence-electron chi connectivity index (χ1n) is 11.6. The molecule has 0 spiro atoms. The number of nitrogens with one attached hydrogen (secondary N) is 1. The van der Waals surface area contributed by atoms with E-state index in [9.17, 15) is 18.0 Å². The Morgan fingerprint density at radius 2 is 1.80 bits per heavy atom. The molecule has 0 aliphatic heterocycles. The van der Waals surface area contributed by atoms with Crippen LogP contribution in [-0.4, -0.2) is 50.0 Å². The normalized spacial score (nSPS) is 15.3. The summed E-state index contributed by atoms with van der Waals surface area (Å²) in [4.78, 5) is 28.2. The van der Waals surface area contributed by atoms with Gasteiger partial charge in [0.25, 0.3) is 0 Å². The average Bonchev–Trinajstić information content (AvgIpc) is 2.81. The number of hydrogen-bond donors (Lipinski definition) is 1. The highest BCUT2D eigenvalue weighted by Crippen LogP contribution is 2.28. The summed E-state index contributed by atoms with van der Waals surface area (Å²) in [5.74, 6) is -0.739. The number of benzene rings is 2. The van der Waals surface area contributed by atoms with Crippen molar-refractivity contribution in [3.63, 3.8) is 0 Å². The molecule has 2 amide bonds. The van der Waals surface area contributed by atoms with E-state index in [1.165, 1.54) is 4.90 Å². The molecule has 2 aromatic carbocycles. The van der Waals surface area contributed by atoms with Crippen LogP contribution in [0.2, 0.25) is 5.02 Å². The standard InChI is InChI=1S/C25H31BrClN3O4S/c1-18(25(32)28-21-11-4-3-5-12-21)29(16-19-9-8-10-20(27)15-19)24(31)17-30(35(2,33)34)23-14-7-6-13-22(23)26/h6-10,13-15,18,21H,3-5,11-12,16-17H2,1-2H3,(H,28,32)/t18-/m1/s1. The predicted octanol–water partition coefficient (Wildman–Crippen LogP) is 4.73. The molecule has 1 atom stereocenters. The Balaban J connectivity index is 1.88. The van der Waals surface area contributed by atoms with Crippen LogP contribution in [0, 0.1) is 0 Å². The molecule has 1 aliphatic carbocycles. The largest absolute Gasteiger partial charge is 0.352 e. The van der Waals surface area contributed by atoms with Crippen LogP contribution >= 0.6 is 27.5 Å². The Labute approximate surface area is 221 Å². The Kier molecular flexibility index (Phi) is 9.61. The van der Waals surface area contributed by atoms with Crippen LogP contribution in [0.25, 0.3) is 0 Å². The van der Waals surface area contributed by atoms with Crippen LogP contribution in [0.4, 0.5) is 5.69 Å². The van der Waals surface area contributed by atoms with Crippen LogP contribution in [0.5, 0.6) is 0 Å². The zero-order valence-electron chi connectivity index (χ0n) is 19.9. The van der Waals surface area contributed by atoms with Crippen molar-refractivity contribution in [2.75, 3.05) is 17.1 Å². The molecule has 0 heterocycles. The van der Waals surface area contributed by atoms with Crippen LogP contribution in [-0.2, 0) is 26.2 Å². The van der Waals surface area contributed by atoms with Gasteiger partial charge < -0.3 is 10.2 Å². The van der Waals surface area contributed by atoms with Gasteiger partial charge in [0.2, 0.25) is 21.8 Å². The van der Waals surface area contributed by atoms with E-state index in [1.54, 1.807) is 49.4 Å². The molecular weight excluding hydrogens is 554 g/mol. The minimum Gasteiger partial charge on any atom is -0.352 e. The van der Waals surface area contributed by atoms with E-state index in [2.05, 4.69) is 21.2 Å². The summed E-state index contributed by atoms with van der Waals surface area (Å²) < 4.78 is 26.9. The van der Waals surface area contributed by atoms with Gasteiger partial charge in [0, 0.05) is 22.1 Å². The quantitative estimate of drug-likeness (QED) is 0.462. The van der Waals surface area contributed by atoms with Crippen LogP contribution in [0.1, 0.15) is 44.6 Å². The lowest BCUT2D eigenvalue weighted by Gasteiger charge is -2.33. The summed E-state index contributed by atoms with van der Waals surface area (Å²) >= 11 is 9.52. The van der Waals surface area contributed by atoms with E-state index >= 15 is 0 Å². The smallest absolute Gasteiger partial charge is 0.244 e. The number of hydrogen-bond acceptors (Lipinski definition) is 4. The third kappa shape index (κ3) is 7.69. The highest BCUT2D eigenvalue weighted by Gasteiger charge is 2.31. The van der Waals surface area contributed by atoms with Crippen molar-refractivity contribution in [1.29, 1.82) is 0 Å². The van der Waals surface area contributed by atoms with E-state index in [-0.39, 0.29) is 18.5 Å². The van der Waals surface area contributed by atoms with Gasteiger partial charge in [-0.15, -0.1) is 0 Å². The first-order valence-corrected chi connectivity index (χ1v) is 14.6. The number of amides is 2. The van der Waals surface area contributed by atoms with Gasteiger partial charge in [-0.1, -0.05) is 55.1 Å². The van der Waals surface area contributed by atoms with Crippen LogP contribution < -0.4 is 9.62 Å². The number of sulfonamides is 1. The number of anilines is 1. The molecule has 35 heavy (non-hydrogen) atoms. The summed E-state index contributed by atoms with van der Waals surface area (Å²) in [7, 11) is -3.78. The fraction of sp³-hybridized carbons (Fsp3) is 0.440. The zero-order valence-corrected chi connectivity index (χ0v) is 23.1. The second-order valence-electron chi connectivity index (χ2n) is 8.89. The predicted molar refractivity (Wildman–Crippen MR) is 143 cm³/mol. The van der Waals surface area contributed by atoms with Crippen LogP contribution in [0.3, 0.4) is 0 Å². The molecule has 2 aromatic rings. The topological polar surface area (TPSA) is 86.8 Å². The van der Waals surface area contributed by atoms with E-state index < -0.39 is 28.5 Å². The molecule has 0 saturated heterocycles. The number of carbonyl (C=O) groups excluding carboxylic acids is 2. The molecule has 1 saturated carbocycles. The lowest BCUT2D eigenvalue weighted by Crippen LogP contribution is -2.53. The first-order chi connectivity index (χ1) is 16.6. The molecule has 190 valence electrons. The molecular formula is C25H31BrClN3O4S. The first kappa shape index (κ1) is 27.5. The van der Waals surface area contributed by atoms with E-state index in [4.69, 9.17) is 11.6 Å². The number of nitrogens with zero attached hydrogens (tertiary/aromatic N) is 2. The van der Waals surface area contributed by atoms with Gasteiger partial charge in [-0.2, -0.15) is 0 Å². The van der Waals surface area contributed by atoms with E-state index in [0.717, 1.165) is 48.2 Å². The molecule has 1 fully saturated rings. The Bertz CT molecular complexity index is 1150. The van der Waals surface area contributed by atoms with Crippen molar-refractivity contribution in [3.8, 4) is 0 Å². The fourth-order valence-electron chi connectivity index (χ4n) is 4.23. The molecule has 1 N–H and O–H groups in total. The summed E-state index contributed by atoms with van der Waals surface area (Å²) in [6.45, 7) is 1.35. The highest BCUT2D eigenvalue weighted by molar-refractivity contribution is 9.10. The Morgan fingerprint density at radius 1 is 1.11 bits per heavy atom. The molecule has 0 unspecified atom stereocenters. The van der Waals surface area contributed by atoms with Crippen molar-refractivity contribution in [3.05, 3.63) is 63.6 Å². The molecule has 0 bridgehead atoms. The Hall–Kier alpha value is -2.10. The van der Waals surface area contributed by atoms with Gasteiger partial charge in [0.1, 0.15) is 12.6 Å². The summed E-state index contributed by atoms with van der Waals surface area (Å²) in [6, 6.07) is 13.1. The molecule has 1 aliphatic rings.